The zero-order valence-corrected chi connectivity index (χ0v) is 20.2. The van der Waals surface area contributed by atoms with Gasteiger partial charge in [0.05, 0.1) is 17.2 Å². The van der Waals surface area contributed by atoms with Crippen LogP contribution in [0, 0.1) is 22.6 Å². The number of hydrogen-bond acceptors (Lipinski definition) is 3. The van der Waals surface area contributed by atoms with E-state index in [1.165, 1.54) is 43.5 Å². The summed E-state index contributed by atoms with van der Waals surface area (Å²) in [4.78, 5) is 0. The number of halogens is 4. The van der Waals surface area contributed by atoms with Crippen molar-refractivity contribution in [2.24, 2.45) is 5.41 Å². The molecule has 0 saturated heterocycles. The molecule has 0 aliphatic heterocycles. The Balaban J connectivity index is 1.85. The summed E-state index contributed by atoms with van der Waals surface area (Å²) in [5.74, 6) is -0.776. The molecule has 1 saturated carbocycles. The second-order valence-corrected chi connectivity index (χ2v) is 11.2. The summed E-state index contributed by atoms with van der Waals surface area (Å²) in [5.41, 5.74) is -0.417. The van der Waals surface area contributed by atoms with Crippen LogP contribution in [0.5, 0.6) is 0 Å². The summed E-state index contributed by atoms with van der Waals surface area (Å²) < 4.78 is 62.1. The minimum absolute atomic E-state index is 0.104. The molecular weight excluding hydrogens is 462 g/mol. The Morgan fingerprint density at radius 3 is 2.50 bits per heavy atom. The van der Waals surface area contributed by atoms with Crippen molar-refractivity contribution in [3.63, 3.8) is 0 Å². The van der Waals surface area contributed by atoms with Gasteiger partial charge in [-0.2, -0.15) is 18.4 Å². The van der Waals surface area contributed by atoms with Gasteiger partial charge in [-0.15, -0.1) is 0 Å². The third kappa shape index (κ3) is 5.11. The molecule has 8 heteroatoms. The van der Waals surface area contributed by atoms with Gasteiger partial charge in [-0.3, -0.25) is 4.72 Å². The minimum Gasteiger partial charge on any atom is -0.347 e. The lowest BCUT2D eigenvalue weighted by molar-refractivity contribution is -0.137. The summed E-state index contributed by atoms with van der Waals surface area (Å²) >= 11 is 1.69. The fraction of sp³-hybridized carbons (Fsp3) is 0.423. The van der Waals surface area contributed by atoms with Crippen LogP contribution in [-0.2, 0) is 19.3 Å². The molecule has 0 spiro atoms. The van der Waals surface area contributed by atoms with Gasteiger partial charge in [0.2, 0.25) is 0 Å². The molecule has 0 unspecified atom stereocenters. The van der Waals surface area contributed by atoms with Gasteiger partial charge in [0.15, 0.2) is 0 Å². The van der Waals surface area contributed by atoms with Crippen LogP contribution in [0.3, 0.4) is 0 Å². The average molecular weight is 490 g/mol. The molecule has 1 fully saturated rings. The summed E-state index contributed by atoms with van der Waals surface area (Å²) in [5, 5.41) is 10.8. The lowest BCUT2D eigenvalue weighted by Gasteiger charge is -2.24. The van der Waals surface area contributed by atoms with E-state index in [9.17, 15) is 18.4 Å². The Labute approximate surface area is 201 Å². The number of nitrogens with one attached hydrogen (secondary N) is 1. The molecule has 1 heterocycles. The Bertz CT molecular complexity index is 1240. The van der Waals surface area contributed by atoms with Gasteiger partial charge >= 0.3 is 6.18 Å². The quantitative estimate of drug-likeness (QED) is 0.285. The Kier molecular flexibility index (Phi) is 6.71. The molecular formula is C26H27F4N3S. The molecule has 180 valence electrons. The third-order valence-electron chi connectivity index (χ3n) is 6.02. The first-order chi connectivity index (χ1) is 16.0. The maximum absolute atomic E-state index is 15.4. The van der Waals surface area contributed by atoms with Crippen molar-refractivity contribution in [2.45, 2.75) is 64.5 Å². The molecule has 34 heavy (non-hydrogen) atoms. The fourth-order valence-electron chi connectivity index (χ4n) is 4.26. The number of nitrogens with zero attached hydrogens (tertiary/aromatic N) is 2. The normalized spacial score (nSPS) is 14.9. The van der Waals surface area contributed by atoms with E-state index >= 15 is 4.39 Å². The Morgan fingerprint density at radius 1 is 1.18 bits per heavy atom. The largest absolute Gasteiger partial charge is 0.417 e. The number of rotatable bonds is 6. The van der Waals surface area contributed by atoms with Gasteiger partial charge in [-0.05, 0) is 48.1 Å². The third-order valence-corrected chi connectivity index (χ3v) is 7.14. The van der Waals surface area contributed by atoms with Crippen molar-refractivity contribution in [3.05, 3.63) is 59.0 Å². The van der Waals surface area contributed by atoms with E-state index in [-0.39, 0.29) is 16.5 Å². The molecule has 1 aromatic heterocycles. The maximum Gasteiger partial charge on any atom is 0.417 e. The van der Waals surface area contributed by atoms with Crippen LogP contribution in [0.25, 0.3) is 22.0 Å². The molecule has 3 aromatic rings. The molecule has 4 rings (SSSR count). The van der Waals surface area contributed by atoms with Crippen molar-refractivity contribution in [1.29, 1.82) is 5.26 Å². The van der Waals surface area contributed by atoms with E-state index in [2.05, 4.69) is 25.5 Å². The van der Waals surface area contributed by atoms with E-state index in [4.69, 9.17) is 0 Å². The van der Waals surface area contributed by atoms with E-state index in [0.717, 1.165) is 11.6 Å². The molecule has 0 bridgehead atoms. The molecule has 2 aromatic carbocycles. The highest BCUT2D eigenvalue weighted by atomic mass is 32.2. The van der Waals surface area contributed by atoms with Gasteiger partial charge in [-0.1, -0.05) is 45.2 Å². The van der Waals surface area contributed by atoms with Crippen LogP contribution in [0.2, 0.25) is 0 Å². The number of aromatic nitrogens is 1. The van der Waals surface area contributed by atoms with Gasteiger partial charge < -0.3 is 4.57 Å². The first-order valence-corrected chi connectivity index (χ1v) is 12.2. The number of nitriles is 1. The summed E-state index contributed by atoms with van der Waals surface area (Å²) in [6.07, 6.45) is 0.837. The first kappa shape index (κ1) is 24.6. The maximum atomic E-state index is 15.4. The minimum atomic E-state index is -4.72. The van der Waals surface area contributed by atoms with Gasteiger partial charge in [0.1, 0.15) is 5.82 Å². The molecule has 1 aliphatic rings. The van der Waals surface area contributed by atoms with Crippen molar-refractivity contribution in [1.82, 2.24) is 9.29 Å². The van der Waals surface area contributed by atoms with Crippen LogP contribution >= 0.6 is 11.9 Å². The molecule has 3 nitrogen and oxygen atoms in total. The lowest BCUT2D eigenvalue weighted by Crippen LogP contribution is -2.19. The fourth-order valence-corrected chi connectivity index (χ4v) is 5.30. The number of benzene rings is 2. The van der Waals surface area contributed by atoms with Gasteiger partial charge in [-0.25, -0.2) is 4.39 Å². The highest BCUT2D eigenvalue weighted by molar-refractivity contribution is 7.98. The van der Waals surface area contributed by atoms with Crippen LogP contribution in [0.4, 0.5) is 17.6 Å². The highest BCUT2D eigenvalue weighted by Gasteiger charge is 2.35. The SMILES string of the molecule is CC(C)(C)Cn1cc(CNSC2CCC2)c2cc(F)c(-c3c(C#N)cccc3C(F)(F)F)cc21. The second kappa shape index (κ2) is 9.27. The molecule has 0 radical (unpaired) electrons. The van der Waals surface area contributed by atoms with Crippen molar-refractivity contribution >= 4 is 22.9 Å². The van der Waals surface area contributed by atoms with Crippen LogP contribution in [0.15, 0.2) is 36.5 Å². The Morgan fingerprint density at radius 2 is 1.91 bits per heavy atom. The molecule has 1 aliphatic carbocycles. The van der Waals surface area contributed by atoms with E-state index in [0.29, 0.717) is 29.2 Å². The molecule has 0 amide bonds. The summed E-state index contributed by atoms with van der Waals surface area (Å²) in [6.45, 7) is 7.34. The Hall–Kier alpha value is -2.50. The van der Waals surface area contributed by atoms with E-state index in [1.54, 1.807) is 18.0 Å². The average Bonchev–Trinajstić information content (AvgIpc) is 3.02. The van der Waals surface area contributed by atoms with Crippen molar-refractivity contribution in [3.8, 4) is 17.2 Å². The van der Waals surface area contributed by atoms with Crippen molar-refractivity contribution in [2.75, 3.05) is 0 Å². The van der Waals surface area contributed by atoms with Gasteiger partial charge in [0, 0.05) is 46.6 Å². The predicted octanol–water partition coefficient (Wildman–Crippen LogP) is 7.67. The number of hydrogen-bond donors (Lipinski definition) is 1. The van der Waals surface area contributed by atoms with E-state index < -0.39 is 23.1 Å². The number of alkyl halides is 3. The molecule has 1 N–H and O–H groups in total. The highest BCUT2D eigenvalue weighted by Crippen LogP contribution is 2.41. The smallest absolute Gasteiger partial charge is 0.347 e. The predicted molar refractivity (Wildman–Crippen MR) is 129 cm³/mol. The van der Waals surface area contributed by atoms with Gasteiger partial charge in [0.25, 0.3) is 0 Å². The first-order valence-electron chi connectivity index (χ1n) is 11.3. The lowest BCUT2D eigenvalue weighted by atomic mass is 9.93. The topological polar surface area (TPSA) is 40.8 Å². The zero-order chi connectivity index (χ0) is 24.7. The summed E-state index contributed by atoms with van der Waals surface area (Å²) in [6, 6.07) is 7.93. The summed E-state index contributed by atoms with van der Waals surface area (Å²) in [7, 11) is 0. The zero-order valence-electron chi connectivity index (χ0n) is 19.4. The van der Waals surface area contributed by atoms with Crippen LogP contribution in [0.1, 0.15) is 56.7 Å². The number of fused-ring (bicyclic) bond motifs is 1. The second-order valence-electron chi connectivity index (χ2n) is 10.0. The molecule has 0 atom stereocenters. The van der Waals surface area contributed by atoms with Crippen molar-refractivity contribution < 1.29 is 17.6 Å². The van der Waals surface area contributed by atoms with Crippen LogP contribution in [-0.4, -0.2) is 9.82 Å². The monoisotopic (exact) mass is 489 g/mol. The van der Waals surface area contributed by atoms with Crippen LogP contribution < -0.4 is 4.72 Å². The standard InChI is InChI=1S/C26H27F4N3S/c1-25(2,3)15-33-14-17(13-32-34-18-7-5-8-18)19-10-22(27)20(11-23(19)33)24-16(12-31)6-4-9-21(24)26(28,29)30/h4,6,9-11,14,18,32H,5,7-8,13,15H2,1-3H3. The van der Waals surface area contributed by atoms with E-state index in [1.807, 2.05) is 10.8 Å².